The molecular weight excluding hydrogens is 585 g/mol. The first-order valence-corrected chi connectivity index (χ1v) is 11.4. The first-order valence-electron chi connectivity index (χ1n) is 11.4. The van der Waals surface area contributed by atoms with Crippen molar-refractivity contribution in [3.8, 4) is 0 Å². The topological polar surface area (TPSA) is 82.8 Å². The van der Waals surface area contributed by atoms with Crippen molar-refractivity contribution in [2.45, 2.75) is 52.0 Å². The third-order valence-electron chi connectivity index (χ3n) is 4.81. The number of aromatic nitrogens is 4. The van der Waals surface area contributed by atoms with Crippen molar-refractivity contribution in [1.29, 1.82) is 0 Å². The van der Waals surface area contributed by atoms with Crippen LogP contribution in [0.2, 0.25) is 0 Å². The Morgan fingerprint density at radius 1 is 0.718 bits per heavy atom. The standard InChI is InChI=1S/C20H34N6O2.2BF4.Mn/c1-15(19(17(3)27)25-11-9-23(5)13-25)21-7-8-22-16(2)20(18(4)28)26-12-10-24(6)14-26;2*2-1(3,4)5;/h9-14,17-20,27-28H,7-8H2,1-6H3;;;/q+2;2*-1;. The van der Waals surface area contributed by atoms with Crippen LogP contribution in [-0.2, 0) is 31.2 Å². The van der Waals surface area contributed by atoms with Crippen LogP contribution in [-0.4, -0.2) is 70.6 Å². The van der Waals surface area contributed by atoms with Crippen LogP contribution in [0, 0.1) is 0 Å². The minimum Gasteiger partial charge on any atom is -0.418 e. The molecule has 2 rings (SSSR count). The number of rotatable bonds is 9. The monoisotopic (exact) mass is 619 g/mol. The third-order valence-corrected chi connectivity index (χ3v) is 4.81. The number of imidazole rings is 2. The van der Waals surface area contributed by atoms with Gasteiger partial charge in [0.1, 0.15) is 24.8 Å². The molecule has 19 heteroatoms. The Kier molecular flexibility index (Phi) is 17.4. The molecule has 39 heavy (non-hydrogen) atoms. The summed E-state index contributed by atoms with van der Waals surface area (Å²) in [6.45, 7) is 8.49. The van der Waals surface area contributed by atoms with Crippen LogP contribution >= 0.6 is 0 Å². The Labute approximate surface area is 232 Å². The zero-order valence-electron chi connectivity index (χ0n) is 22.3. The molecule has 0 saturated carbocycles. The van der Waals surface area contributed by atoms with E-state index in [-0.39, 0.29) is 29.2 Å². The number of aryl methyl sites for hydroxylation is 2. The Morgan fingerprint density at radius 3 is 1.15 bits per heavy atom. The molecule has 0 aliphatic rings. The van der Waals surface area contributed by atoms with Gasteiger partial charge in [0.25, 0.3) is 0 Å². The van der Waals surface area contributed by atoms with Crippen molar-refractivity contribution in [2.24, 2.45) is 24.1 Å². The van der Waals surface area contributed by atoms with Crippen molar-refractivity contribution < 1.29 is 70.9 Å². The fourth-order valence-electron chi connectivity index (χ4n) is 3.54. The summed E-state index contributed by atoms with van der Waals surface area (Å²) in [6, 6.07) is -0.396. The predicted molar refractivity (Wildman–Crippen MR) is 129 cm³/mol. The van der Waals surface area contributed by atoms with Gasteiger partial charge in [-0.3, -0.25) is 9.98 Å². The van der Waals surface area contributed by atoms with E-state index in [0.29, 0.717) is 13.1 Å². The van der Waals surface area contributed by atoms with Crippen LogP contribution in [0.25, 0.3) is 0 Å². The summed E-state index contributed by atoms with van der Waals surface area (Å²) in [5, 5.41) is 20.4. The van der Waals surface area contributed by atoms with Crippen molar-refractivity contribution in [2.75, 3.05) is 13.1 Å². The molecule has 2 N–H and O–H groups in total. The Bertz CT molecular complexity index is 936. The summed E-state index contributed by atoms with van der Waals surface area (Å²) in [5.74, 6) is 0. The summed E-state index contributed by atoms with van der Waals surface area (Å²) >= 11 is 0. The number of aliphatic imine (C=N–C) groups is 2. The zero-order valence-corrected chi connectivity index (χ0v) is 23.5. The van der Waals surface area contributed by atoms with Crippen LogP contribution in [0.15, 0.2) is 47.4 Å². The molecule has 2 aromatic heterocycles. The molecule has 0 amide bonds. The maximum atomic E-state index is 10.2. The number of aliphatic hydroxyl groups excluding tert-OH is 2. The first kappa shape index (κ1) is 38.9. The SMILES string of the molecule is CC(=NCCN=C(C)C(C(C)O)n1cc[n+](C)c1)C(C(C)O)n1cc[n+](C)c1.F[B-](F)(F)F.F[B-](F)(F)F.[Mn]. The van der Waals surface area contributed by atoms with E-state index in [1.165, 1.54) is 0 Å². The maximum Gasteiger partial charge on any atom is 0.673 e. The van der Waals surface area contributed by atoms with E-state index in [1.807, 2.05) is 83.7 Å². The summed E-state index contributed by atoms with van der Waals surface area (Å²) < 4.78 is 85.8. The predicted octanol–water partition coefficient (Wildman–Crippen LogP) is 3.00. The molecule has 2 heterocycles. The second-order valence-corrected chi connectivity index (χ2v) is 8.46. The Balaban J connectivity index is 0. The normalized spacial score (nSPS) is 15.6. The minimum atomic E-state index is -6.00. The average Bonchev–Trinajstić information content (AvgIpc) is 3.30. The van der Waals surface area contributed by atoms with Gasteiger partial charge in [0.15, 0.2) is 12.1 Å². The van der Waals surface area contributed by atoms with E-state index < -0.39 is 26.7 Å². The van der Waals surface area contributed by atoms with Crippen LogP contribution < -0.4 is 9.13 Å². The molecule has 2 aromatic rings. The van der Waals surface area contributed by atoms with Crippen LogP contribution in [0.1, 0.15) is 39.8 Å². The van der Waals surface area contributed by atoms with E-state index >= 15 is 0 Å². The van der Waals surface area contributed by atoms with Gasteiger partial charge in [-0.15, -0.1) is 0 Å². The molecule has 0 aliphatic carbocycles. The van der Waals surface area contributed by atoms with Crippen LogP contribution in [0.5, 0.6) is 0 Å². The van der Waals surface area contributed by atoms with E-state index in [1.54, 1.807) is 13.8 Å². The summed E-state index contributed by atoms with van der Waals surface area (Å²) in [6.07, 6.45) is 10.5. The third kappa shape index (κ3) is 18.6. The van der Waals surface area contributed by atoms with Gasteiger partial charge in [0.2, 0.25) is 12.7 Å². The minimum absolute atomic E-state index is 0. The van der Waals surface area contributed by atoms with Gasteiger partial charge in [-0.25, -0.2) is 18.3 Å². The maximum absolute atomic E-state index is 10.2. The van der Waals surface area contributed by atoms with Crippen LogP contribution in [0.4, 0.5) is 34.5 Å². The van der Waals surface area contributed by atoms with Gasteiger partial charge >= 0.3 is 14.5 Å². The molecule has 1 radical (unpaired) electrons. The summed E-state index contributed by atoms with van der Waals surface area (Å²) in [4.78, 5) is 9.26. The fraction of sp³-hybridized carbons (Fsp3) is 0.600. The summed E-state index contributed by atoms with van der Waals surface area (Å²) in [5.41, 5.74) is 1.73. The zero-order chi connectivity index (χ0) is 29.8. The van der Waals surface area contributed by atoms with Crippen molar-refractivity contribution in [3.63, 3.8) is 0 Å². The van der Waals surface area contributed by atoms with Gasteiger partial charge in [0.05, 0.1) is 50.8 Å². The molecule has 0 spiro atoms. The molecule has 4 atom stereocenters. The summed E-state index contributed by atoms with van der Waals surface area (Å²) in [7, 11) is -8.11. The van der Waals surface area contributed by atoms with Crippen molar-refractivity contribution in [3.05, 3.63) is 37.4 Å². The molecule has 8 nitrogen and oxygen atoms in total. The number of hydrogen-bond donors (Lipinski definition) is 2. The molecule has 0 bridgehead atoms. The van der Waals surface area contributed by atoms with Crippen molar-refractivity contribution in [1.82, 2.24) is 9.13 Å². The van der Waals surface area contributed by atoms with Crippen LogP contribution in [0.3, 0.4) is 0 Å². The van der Waals surface area contributed by atoms with E-state index in [0.717, 1.165) is 11.4 Å². The average molecular weight is 619 g/mol. The molecule has 0 aromatic carbocycles. The second kappa shape index (κ2) is 17.5. The Hall–Kier alpha value is -2.23. The van der Waals surface area contributed by atoms with Gasteiger partial charge in [-0.2, -0.15) is 0 Å². The van der Waals surface area contributed by atoms with E-state index in [2.05, 4.69) is 9.98 Å². The molecule has 0 fully saturated rings. The second-order valence-electron chi connectivity index (χ2n) is 8.46. The number of nitrogens with zero attached hydrogens (tertiary/aromatic N) is 6. The molecular formula is C20H34B2F8MnN6O2. The van der Waals surface area contributed by atoms with Gasteiger partial charge in [0, 0.05) is 17.1 Å². The van der Waals surface area contributed by atoms with Gasteiger partial charge in [-0.05, 0) is 27.7 Å². The van der Waals surface area contributed by atoms with Crippen molar-refractivity contribution >= 4 is 25.9 Å². The number of aliphatic hydroxyl groups is 2. The fourth-order valence-corrected chi connectivity index (χ4v) is 3.54. The molecule has 225 valence electrons. The smallest absolute Gasteiger partial charge is 0.418 e. The molecule has 0 saturated heterocycles. The van der Waals surface area contributed by atoms with E-state index in [4.69, 9.17) is 0 Å². The number of hydrogen-bond acceptors (Lipinski definition) is 4. The number of halogens is 8. The van der Waals surface area contributed by atoms with E-state index in [9.17, 15) is 44.7 Å². The molecule has 4 unspecified atom stereocenters. The van der Waals surface area contributed by atoms with Gasteiger partial charge < -0.3 is 44.7 Å². The first-order chi connectivity index (χ1) is 17.2. The van der Waals surface area contributed by atoms with Gasteiger partial charge in [-0.1, -0.05) is 0 Å². The Morgan fingerprint density at radius 2 is 0.974 bits per heavy atom. The largest absolute Gasteiger partial charge is 0.673 e. The molecule has 0 aliphatic heterocycles. The quantitative estimate of drug-likeness (QED) is 0.149.